The number of alkyl halides is 3. The van der Waals surface area contributed by atoms with Crippen molar-refractivity contribution in [2.75, 3.05) is 26.2 Å². The smallest absolute Gasteiger partial charge is 0.339 e. The molecule has 1 fully saturated rings. The Morgan fingerprint density at radius 3 is 2.07 bits per heavy atom. The Kier molecular flexibility index (Phi) is 5.38. The highest BCUT2D eigenvalue weighted by Crippen LogP contribution is 2.29. The molecule has 1 aliphatic heterocycles. The molecule has 0 bridgehead atoms. The number of rotatable bonds is 4. The van der Waals surface area contributed by atoms with E-state index in [9.17, 15) is 22.8 Å². The predicted octanol–water partition coefficient (Wildman–Crippen LogP) is 0.605. The minimum absolute atomic E-state index is 0.0245. The van der Waals surface area contributed by atoms with Crippen LogP contribution in [0.25, 0.3) is 0 Å². The number of carbonyl (C=O) groups is 2. The number of tetrazole rings is 1. The minimum atomic E-state index is -4.40. The minimum Gasteiger partial charge on any atom is -0.339 e. The monoisotopic (exact) mass is 382 g/mol. The molecule has 2 aromatic rings. The molecule has 8 nitrogen and oxygen atoms in total. The van der Waals surface area contributed by atoms with Crippen molar-refractivity contribution in [1.82, 2.24) is 30.0 Å². The van der Waals surface area contributed by atoms with Crippen LogP contribution in [0.1, 0.15) is 11.1 Å². The zero-order valence-electron chi connectivity index (χ0n) is 14.3. The fourth-order valence-electron chi connectivity index (χ4n) is 2.79. The Balaban J connectivity index is 1.49. The molecule has 1 saturated heterocycles. The van der Waals surface area contributed by atoms with Gasteiger partial charge in [0.05, 0.1) is 12.0 Å². The van der Waals surface area contributed by atoms with Crippen molar-refractivity contribution in [2.24, 2.45) is 0 Å². The van der Waals surface area contributed by atoms with Crippen LogP contribution in [-0.2, 0) is 28.7 Å². The average molecular weight is 382 g/mol. The van der Waals surface area contributed by atoms with Crippen LogP contribution in [0.5, 0.6) is 0 Å². The number of hydrogen-bond acceptors (Lipinski definition) is 5. The van der Waals surface area contributed by atoms with E-state index in [1.165, 1.54) is 23.1 Å². The van der Waals surface area contributed by atoms with E-state index in [1.807, 2.05) is 0 Å². The lowest BCUT2D eigenvalue weighted by atomic mass is 10.1. The second-order valence-electron chi connectivity index (χ2n) is 6.14. The summed E-state index contributed by atoms with van der Waals surface area (Å²) >= 11 is 0. The van der Waals surface area contributed by atoms with Crippen LogP contribution in [0.4, 0.5) is 13.2 Å². The summed E-state index contributed by atoms with van der Waals surface area (Å²) in [7, 11) is 0. The first-order valence-corrected chi connectivity index (χ1v) is 8.25. The zero-order chi connectivity index (χ0) is 19.4. The number of aromatic nitrogens is 4. The number of amides is 2. The van der Waals surface area contributed by atoms with Gasteiger partial charge in [-0.2, -0.15) is 13.2 Å². The molecule has 0 spiro atoms. The van der Waals surface area contributed by atoms with E-state index in [1.54, 1.807) is 9.80 Å². The molecule has 3 rings (SSSR count). The zero-order valence-corrected chi connectivity index (χ0v) is 14.3. The van der Waals surface area contributed by atoms with Crippen LogP contribution >= 0.6 is 0 Å². The molecule has 0 aliphatic carbocycles. The highest BCUT2D eigenvalue weighted by Gasteiger charge is 2.30. The third kappa shape index (κ3) is 4.80. The second-order valence-corrected chi connectivity index (χ2v) is 6.14. The van der Waals surface area contributed by atoms with Gasteiger partial charge in [-0.3, -0.25) is 9.59 Å². The molecule has 0 saturated carbocycles. The molecule has 0 atom stereocenters. The third-order valence-corrected chi connectivity index (χ3v) is 4.31. The average Bonchev–Trinajstić information content (AvgIpc) is 3.14. The first-order chi connectivity index (χ1) is 12.8. The van der Waals surface area contributed by atoms with Crippen molar-refractivity contribution in [2.45, 2.75) is 19.1 Å². The number of halogens is 3. The van der Waals surface area contributed by atoms with Crippen molar-refractivity contribution in [1.29, 1.82) is 0 Å². The summed E-state index contributed by atoms with van der Waals surface area (Å²) in [6.45, 7) is 1.56. The Hall–Kier alpha value is -2.98. The third-order valence-electron chi connectivity index (χ3n) is 4.31. The Morgan fingerprint density at radius 2 is 1.56 bits per heavy atom. The number of hydrogen-bond donors (Lipinski definition) is 0. The predicted molar refractivity (Wildman–Crippen MR) is 86.1 cm³/mol. The SMILES string of the molecule is O=C(Cc1ccc(C(F)(F)F)cc1)N1CCN(C(=O)Cn2cnnn2)CC1. The fourth-order valence-corrected chi connectivity index (χ4v) is 2.79. The maximum Gasteiger partial charge on any atom is 0.416 e. The van der Waals surface area contributed by atoms with Crippen LogP contribution in [0.15, 0.2) is 30.6 Å². The summed E-state index contributed by atoms with van der Waals surface area (Å²) < 4.78 is 39.0. The summed E-state index contributed by atoms with van der Waals surface area (Å²) in [5.74, 6) is -0.320. The van der Waals surface area contributed by atoms with Gasteiger partial charge in [-0.05, 0) is 28.1 Å². The Morgan fingerprint density at radius 1 is 0.963 bits per heavy atom. The van der Waals surface area contributed by atoms with Crippen molar-refractivity contribution >= 4 is 11.8 Å². The lowest BCUT2D eigenvalue weighted by molar-refractivity contribution is -0.139. The van der Waals surface area contributed by atoms with E-state index in [0.29, 0.717) is 31.7 Å². The topological polar surface area (TPSA) is 84.2 Å². The highest BCUT2D eigenvalue weighted by molar-refractivity contribution is 5.80. The van der Waals surface area contributed by atoms with Gasteiger partial charge in [-0.25, -0.2) is 4.68 Å². The van der Waals surface area contributed by atoms with Gasteiger partial charge in [-0.1, -0.05) is 12.1 Å². The van der Waals surface area contributed by atoms with E-state index in [4.69, 9.17) is 0 Å². The summed E-state index contributed by atoms with van der Waals surface area (Å²) in [4.78, 5) is 27.8. The molecule has 1 aromatic carbocycles. The van der Waals surface area contributed by atoms with E-state index >= 15 is 0 Å². The molecular formula is C16H17F3N6O2. The van der Waals surface area contributed by atoms with Crippen LogP contribution in [0, 0.1) is 0 Å². The van der Waals surface area contributed by atoms with Crippen LogP contribution in [0.3, 0.4) is 0 Å². The normalized spacial score (nSPS) is 15.1. The van der Waals surface area contributed by atoms with Gasteiger partial charge in [0.25, 0.3) is 0 Å². The lowest BCUT2D eigenvalue weighted by Crippen LogP contribution is -2.51. The van der Waals surface area contributed by atoms with Gasteiger partial charge in [-0.15, -0.1) is 5.10 Å². The quantitative estimate of drug-likeness (QED) is 0.774. The van der Waals surface area contributed by atoms with Gasteiger partial charge < -0.3 is 9.80 Å². The molecule has 2 amide bonds. The highest BCUT2D eigenvalue weighted by atomic mass is 19.4. The van der Waals surface area contributed by atoms with Gasteiger partial charge >= 0.3 is 6.18 Å². The van der Waals surface area contributed by atoms with E-state index in [-0.39, 0.29) is 24.8 Å². The first kappa shape index (κ1) is 18.8. The Bertz CT molecular complexity index is 783. The molecule has 0 N–H and O–H groups in total. The molecular weight excluding hydrogens is 365 g/mol. The largest absolute Gasteiger partial charge is 0.416 e. The van der Waals surface area contributed by atoms with Crippen molar-refractivity contribution in [3.05, 3.63) is 41.7 Å². The molecule has 0 radical (unpaired) electrons. The molecule has 11 heteroatoms. The molecule has 2 heterocycles. The van der Waals surface area contributed by atoms with Crippen LogP contribution in [0.2, 0.25) is 0 Å². The molecule has 27 heavy (non-hydrogen) atoms. The summed E-state index contributed by atoms with van der Waals surface area (Å²) in [6, 6.07) is 4.57. The van der Waals surface area contributed by atoms with E-state index < -0.39 is 11.7 Å². The maximum absolute atomic E-state index is 12.6. The molecule has 0 unspecified atom stereocenters. The number of nitrogens with zero attached hydrogens (tertiary/aromatic N) is 6. The van der Waals surface area contributed by atoms with Crippen LogP contribution in [-0.4, -0.2) is 68.0 Å². The first-order valence-electron chi connectivity index (χ1n) is 8.25. The lowest BCUT2D eigenvalue weighted by Gasteiger charge is -2.34. The fraction of sp³-hybridized carbons (Fsp3) is 0.438. The molecule has 144 valence electrons. The summed E-state index contributed by atoms with van der Waals surface area (Å²) in [6.07, 6.45) is -3.02. The van der Waals surface area contributed by atoms with Gasteiger partial charge in [0.2, 0.25) is 11.8 Å². The Labute approximate surface area is 152 Å². The van der Waals surface area contributed by atoms with E-state index in [2.05, 4.69) is 15.5 Å². The van der Waals surface area contributed by atoms with Gasteiger partial charge in [0, 0.05) is 26.2 Å². The van der Waals surface area contributed by atoms with Crippen LogP contribution < -0.4 is 0 Å². The number of benzene rings is 1. The molecule has 1 aliphatic rings. The van der Waals surface area contributed by atoms with E-state index in [0.717, 1.165) is 12.1 Å². The molecule has 1 aromatic heterocycles. The standard InChI is InChI=1S/C16H17F3N6O2/c17-16(18,19)13-3-1-12(2-4-13)9-14(26)23-5-7-24(8-6-23)15(27)10-25-11-20-21-22-25/h1-4,11H,5-10H2. The van der Waals surface area contributed by atoms with Gasteiger partial charge in [0.15, 0.2) is 0 Å². The summed E-state index contributed by atoms with van der Waals surface area (Å²) in [5.41, 5.74) is -0.224. The van der Waals surface area contributed by atoms with Crippen molar-refractivity contribution in [3.8, 4) is 0 Å². The van der Waals surface area contributed by atoms with Gasteiger partial charge in [0.1, 0.15) is 12.9 Å². The van der Waals surface area contributed by atoms with Crippen molar-refractivity contribution in [3.63, 3.8) is 0 Å². The maximum atomic E-state index is 12.6. The number of carbonyl (C=O) groups excluding carboxylic acids is 2. The second kappa shape index (κ2) is 7.72. The summed E-state index contributed by atoms with van der Waals surface area (Å²) in [5, 5.41) is 10.6. The van der Waals surface area contributed by atoms with Crippen molar-refractivity contribution < 1.29 is 22.8 Å². The number of piperazine rings is 1.